The monoisotopic (exact) mass is 287 g/mol. The Balaban J connectivity index is 1.70. The van der Waals surface area contributed by atoms with E-state index in [1.54, 1.807) is 19.4 Å². The molecule has 1 atom stereocenters. The molecule has 110 valence electrons. The topological polar surface area (TPSA) is 78.1 Å². The molecule has 0 amide bonds. The fourth-order valence-corrected chi connectivity index (χ4v) is 2.54. The molecular formula is C15H17N3O3. The molecule has 0 bridgehead atoms. The molecular weight excluding hydrogens is 270 g/mol. The lowest BCUT2D eigenvalue weighted by molar-refractivity contribution is -0.122. The summed E-state index contributed by atoms with van der Waals surface area (Å²) in [6.45, 7) is 0. The van der Waals surface area contributed by atoms with Crippen molar-refractivity contribution in [3.05, 3.63) is 35.6 Å². The summed E-state index contributed by atoms with van der Waals surface area (Å²) in [4.78, 5) is 20.4. The van der Waals surface area contributed by atoms with E-state index in [1.807, 2.05) is 6.07 Å². The van der Waals surface area contributed by atoms with Crippen molar-refractivity contribution in [1.82, 2.24) is 15.1 Å². The van der Waals surface area contributed by atoms with E-state index in [9.17, 15) is 4.79 Å². The Morgan fingerprint density at radius 2 is 2.29 bits per heavy atom. The number of aromatic nitrogens is 3. The van der Waals surface area contributed by atoms with Gasteiger partial charge in [0.25, 0.3) is 0 Å². The van der Waals surface area contributed by atoms with Gasteiger partial charge in [0.2, 0.25) is 11.8 Å². The van der Waals surface area contributed by atoms with Gasteiger partial charge >= 0.3 is 0 Å². The molecule has 2 aromatic heterocycles. The second-order valence-corrected chi connectivity index (χ2v) is 5.20. The van der Waals surface area contributed by atoms with Gasteiger partial charge in [-0.15, -0.1) is 0 Å². The summed E-state index contributed by atoms with van der Waals surface area (Å²) >= 11 is 0. The predicted octanol–water partition coefficient (Wildman–Crippen LogP) is 2.29. The number of Topliss-reactive ketones (excluding diaryl/α,β-unsaturated/α-hetero) is 1. The van der Waals surface area contributed by atoms with Crippen molar-refractivity contribution in [2.45, 2.75) is 38.0 Å². The lowest BCUT2D eigenvalue weighted by Crippen LogP contribution is -2.17. The second kappa shape index (κ2) is 6.03. The number of carbonyl (C=O) groups is 1. The first-order valence-electron chi connectivity index (χ1n) is 7.10. The van der Waals surface area contributed by atoms with E-state index in [1.165, 1.54) is 0 Å². The number of rotatable bonds is 4. The maximum absolute atomic E-state index is 11.9. The van der Waals surface area contributed by atoms with Gasteiger partial charge in [-0.3, -0.25) is 4.79 Å². The van der Waals surface area contributed by atoms with E-state index < -0.39 is 0 Å². The molecule has 1 aliphatic rings. The highest BCUT2D eigenvalue weighted by atomic mass is 16.5. The number of nitrogens with zero attached hydrogens (tertiary/aromatic N) is 3. The van der Waals surface area contributed by atoms with Crippen molar-refractivity contribution < 1.29 is 14.1 Å². The first kappa shape index (κ1) is 13.7. The van der Waals surface area contributed by atoms with Crippen molar-refractivity contribution >= 4 is 5.78 Å². The maximum atomic E-state index is 11.9. The molecule has 0 N–H and O–H groups in total. The maximum Gasteiger partial charge on any atom is 0.237 e. The van der Waals surface area contributed by atoms with E-state index in [0.29, 0.717) is 30.4 Å². The van der Waals surface area contributed by atoms with Gasteiger partial charge < -0.3 is 9.26 Å². The molecule has 0 spiro atoms. The number of hydrogen-bond acceptors (Lipinski definition) is 6. The van der Waals surface area contributed by atoms with Crippen LogP contribution in [0.4, 0.5) is 0 Å². The van der Waals surface area contributed by atoms with E-state index in [0.717, 1.165) is 24.8 Å². The minimum absolute atomic E-state index is 0.211. The van der Waals surface area contributed by atoms with Crippen LogP contribution < -0.4 is 4.74 Å². The zero-order chi connectivity index (χ0) is 14.7. The first-order valence-corrected chi connectivity index (χ1v) is 7.10. The summed E-state index contributed by atoms with van der Waals surface area (Å²) in [5.74, 6) is 1.60. The van der Waals surface area contributed by atoms with Crippen LogP contribution in [-0.2, 0) is 11.2 Å². The van der Waals surface area contributed by atoms with Gasteiger partial charge in [0.1, 0.15) is 5.78 Å². The summed E-state index contributed by atoms with van der Waals surface area (Å²) in [5, 5.41) is 3.97. The van der Waals surface area contributed by atoms with Gasteiger partial charge in [-0.05, 0) is 18.4 Å². The summed E-state index contributed by atoms with van der Waals surface area (Å²) in [6, 6.07) is 3.70. The third-order valence-electron chi connectivity index (χ3n) is 3.71. The van der Waals surface area contributed by atoms with Crippen LogP contribution in [0.15, 0.2) is 22.9 Å². The second-order valence-electron chi connectivity index (χ2n) is 5.20. The number of hydrogen-bond donors (Lipinski definition) is 0. The average Bonchev–Trinajstić information content (AvgIpc) is 2.97. The van der Waals surface area contributed by atoms with Crippen molar-refractivity contribution in [3.63, 3.8) is 0 Å². The molecule has 1 unspecified atom stereocenters. The first-order chi connectivity index (χ1) is 10.3. The highest BCUT2D eigenvalue weighted by Gasteiger charge is 2.28. The molecule has 1 aliphatic carbocycles. The predicted molar refractivity (Wildman–Crippen MR) is 74.1 cm³/mol. The Labute approximate surface area is 122 Å². The number of methoxy groups -OCH3 is 1. The molecule has 1 fully saturated rings. The highest BCUT2D eigenvalue weighted by Crippen LogP contribution is 2.28. The largest absolute Gasteiger partial charge is 0.481 e. The van der Waals surface area contributed by atoms with Gasteiger partial charge in [-0.1, -0.05) is 17.6 Å². The van der Waals surface area contributed by atoms with Crippen molar-refractivity contribution in [1.29, 1.82) is 0 Å². The van der Waals surface area contributed by atoms with E-state index in [4.69, 9.17) is 9.26 Å². The van der Waals surface area contributed by atoms with E-state index in [2.05, 4.69) is 15.1 Å². The third-order valence-corrected chi connectivity index (χ3v) is 3.71. The van der Waals surface area contributed by atoms with Crippen LogP contribution in [0.5, 0.6) is 5.88 Å². The van der Waals surface area contributed by atoms with Crippen LogP contribution >= 0.6 is 0 Å². The quantitative estimate of drug-likeness (QED) is 0.858. The number of pyridine rings is 1. The molecule has 1 saturated carbocycles. The molecule has 2 heterocycles. The van der Waals surface area contributed by atoms with Gasteiger partial charge in [0.15, 0.2) is 5.82 Å². The summed E-state index contributed by atoms with van der Waals surface area (Å²) in [5.41, 5.74) is 0.970. The normalized spacial score (nSPS) is 18.7. The molecule has 0 saturated heterocycles. The minimum Gasteiger partial charge on any atom is -0.481 e. The van der Waals surface area contributed by atoms with Crippen LogP contribution in [-0.4, -0.2) is 28.0 Å². The van der Waals surface area contributed by atoms with Crippen molar-refractivity contribution in [2.75, 3.05) is 7.11 Å². The summed E-state index contributed by atoms with van der Waals surface area (Å²) < 4.78 is 10.3. The molecule has 6 nitrogen and oxygen atoms in total. The lowest BCUT2D eigenvalue weighted by Gasteiger charge is -2.16. The van der Waals surface area contributed by atoms with E-state index >= 15 is 0 Å². The molecule has 3 rings (SSSR count). The number of carbonyl (C=O) groups excluding carboxylic acids is 1. The van der Waals surface area contributed by atoms with Gasteiger partial charge in [-0.25, -0.2) is 4.98 Å². The zero-order valence-electron chi connectivity index (χ0n) is 11.9. The molecule has 21 heavy (non-hydrogen) atoms. The van der Waals surface area contributed by atoms with Crippen LogP contribution in [0, 0.1) is 0 Å². The lowest BCUT2D eigenvalue weighted by atomic mass is 9.88. The molecule has 6 heteroatoms. The van der Waals surface area contributed by atoms with Gasteiger partial charge in [-0.2, -0.15) is 4.98 Å². The molecule has 0 aromatic carbocycles. The Morgan fingerprint density at radius 1 is 1.38 bits per heavy atom. The molecule has 0 aliphatic heterocycles. The van der Waals surface area contributed by atoms with Crippen LogP contribution in [0.25, 0.3) is 0 Å². The Bertz CT molecular complexity index is 621. The number of ether oxygens (including phenoxy) is 1. The standard InChI is InChI=1S/C15H17N3O3/c1-20-14-7-6-10(9-16-14)8-13-17-15(21-18-13)11-4-2-3-5-12(11)19/h6-7,9,11H,2-5,8H2,1H3. The third kappa shape index (κ3) is 3.09. The fourth-order valence-electron chi connectivity index (χ4n) is 2.54. The van der Waals surface area contributed by atoms with E-state index in [-0.39, 0.29) is 11.7 Å². The Hall–Kier alpha value is -2.24. The average molecular weight is 287 g/mol. The summed E-state index contributed by atoms with van der Waals surface area (Å²) in [7, 11) is 1.58. The van der Waals surface area contributed by atoms with Gasteiger partial charge in [0.05, 0.1) is 13.0 Å². The Kier molecular flexibility index (Phi) is 3.94. The van der Waals surface area contributed by atoms with Gasteiger partial charge in [0, 0.05) is 25.1 Å². The zero-order valence-corrected chi connectivity index (χ0v) is 11.9. The Morgan fingerprint density at radius 3 is 3.00 bits per heavy atom. The fraction of sp³-hybridized carbons (Fsp3) is 0.467. The summed E-state index contributed by atoms with van der Waals surface area (Å²) in [6.07, 6.45) is 5.68. The van der Waals surface area contributed by atoms with Crippen LogP contribution in [0.2, 0.25) is 0 Å². The SMILES string of the molecule is COc1ccc(Cc2noc(C3CCCCC3=O)n2)cn1. The van der Waals surface area contributed by atoms with Crippen molar-refractivity contribution in [3.8, 4) is 5.88 Å². The number of ketones is 1. The molecule has 0 radical (unpaired) electrons. The van der Waals surface area contributed by atoms with Crippen molar-refractivity contribution in [2.24, 2.45) is 0 Å². The van der Waals surface area contributed by atoms with Crippen LogP contribution in [0.1, 0.15) is 48.9 Å². The minimum atomic E-state index is -0.214. The highest BCUT2D eigenvalue weighted by molar-refractivity contribution is 5.85. The van der Waals surface area contributed by atoms with Crippen LogP contribution in [0.3, 0.4) is 0 Å². The molecule has 2 aromatic rings. The smallest absolute Gasteiger partial charge is 0.237 e.